The van der Waals surface area contributed by atoms with Crippen LogP contribution in [-0.2, 0) is 4.79 Å². The first-order valence-electron chi connectivity index (χ1n) is 7.60. The van der Waals surface area contributed by atoms with E-state index in [2.05, 4.69) is 26.1 Å². The van der Waals surface area contributed by atoms with E-state index in [0.29, 0.717) is 19.1 Å². The van der Waals surface area contributed by atoms with Gasteiger partial charge in [0, 0.05) is 17.1 Å². The molecule has 0 aliphatic heterocycles. The third-order valence-electron chi connectivity index (χ3n) is 3.97. The predicted octanol–water partition coefficient (Wildman–Crippen LogP) is 3.01. The Hall–Kier alpha value is -0.910. The molecule has 1 fully saturated rings. The van der Waals surface area contributed by atoms with Crippen LogP contribution in [0.4, 0.5) is 5.69 Å². The number of carbonyl (C=O) groups is 1. The van der Waals surface area contributed by atoms with Gasteiger partial charge in [-0.05, 0) is 40.9 Å². The van der Waals surface area contributed by atoms with Gasteiger partial charge in [-0.15, -0.1) is 0 Å². The minimum Gasteiger partial charge on any atom is -0.395 e. The molecule has 1 aliphatic carbocycles. The maximum Gasteiger partial charge on any atom is 0.238 e. The number of aliphatic hydroxyl groups excluding tert-OH is 1. The highest BCUT2D eigenvalue weighted by Crippen LogP contribution is 2.23. The average Bonchev–Trinajstić information content (AvgIpc) is 2.50. The maximum absolute atomic E-state index is 12.2. The standard InChI is InChI=1S/C16H23BrN2O2/c17-14-8-4-5-9-15(14)18-16(21)12-19(10-11-20)13-6-2-1-3-7-13/h4-5,8-9,13,20H,1-3,6-7,10-12H2,(H,18,21). The minimum absolute atomic E-state index is 0.0269. The zero-order valence-electron chi connectivity index (χ0n) is 12.2. The van der Waals surface area contributed by atoms with Crippen LogP contribution in [0.3, 0.4) is 0 Å². The number of amides is 1. The second-order valence-corrected chi connectivity index (χ2v) is 6.37. The molecular weight excluding hydrogens is 332 g/mol. The van der Waals surface area contributed by atoms with E-state index in [-0.39, 0.29) is 12.5 Å². The summed E-state index contributed by atoms with van der Waals surface area (Å²) < 4.78 is 0.879. The van der Waals surface area contributed by atoms with Crippen LogP contribution in [0.2, 0.25) is 0 Å². The number of benzene rings is 1. The molecule has 0 saturated heterocycles. The highest BCUT2D eigenvalue weighted by atomic mass is 79.9. The zero-order chi connectivity index (χ0) is 15.1. The summed E-state index contributed by atoms with van der Waals surface area (Å²) in [6.07, 6.45) is 5.98. The molecule has 4 nitrogen and oxygen atoms in total. The summed E-state index contributed by atoms with van der Waals surface area (Å²) in [6, 6.07) is 8.02. The summed E-state index contributed by atoms with van der Waals surface area (Å²) >= 11 is 3.43. The van der Waals surface area contributed by atoms with E-state index >= 15 is 0 Å². The summed E-state index contributed by atoms with van der Waals surface area (Å²) in [5, 5.41) is 12.2. The largest absolute Gasteiger partial charge is 0.395 e. The number of halogens is 1. The zero-order valence-corrected chi connectivity index (χ0v) is 13.8. The molecule has 0 bridgehead atoms. The lowest BCUT2D eigenvalue weighted by atomic mass is 9.94. The van der Waals surface area contributed by atoms with Crippen molar-refractivity contribution >= 4 is 27.5 Å². The molecule has 1 amide bonds. The van der Waals surface area contributed by atoms with E-state index in [1.54, 1.807) is 0 Å². The number of carbonyl (C=O) groups excluding carboxylic acids is 1. The fourth-order valence-electron chi connectivity index (χ4n) is 2.90. The van der Waals surface area contributed by atoms with Crippen molar-refractivity contribution in [2.45, 2.75) is 38.1 Å². The lowest BCUT2D eigenvalue weighted by Crippen LogP contribution is -2.43. The topological polar surface area (TPSA) is 52.6 Å². The van der Waals surface area contributed by atoms with Crippen LogP contribution in [0.15, 0.2) is 28.7 Å². The fourth-order valence-corrected chi connectivity index (χ4v) is 3.29. The number of rotatable bonds is 6. The molecule has 1 saturated carbocycles. The van der Waals surface area contributed by atoms with Gasteiger partial charge in [0.05, 0.1) is 18.8 Å². The Morgan fingerprint density at radius 1 is 1.29 bits per heavy atom. The van der Waals surface area contributed by atoms with E-state index in [1.807, 2.05) is 24.3 Å². The number of nitrogens with one attached hydrogen (secondary N) is 1. The minimum atomic E-state index is -0.0269. The molecule has 5 heteroatoms. The summed E-state index contributed by atoms with van der Waals surface area (Å²) in [4.78, 5) is 14.4. The number of hydrogen-bond donors (Lipinski definition) is 2. The molecule has 2 N–H and O–H groups in total. The second-order valence-electron chi connectivity index (χ2n) is 5.51. The molecular formula is C16H23BrN2O2. The molecule has 0 heterocycles. The summed E-state index contributed by atoms with van der Waals surface area (Å²) in [6.45, 7) is 0.999. The monoisotopic (exact) mass is 354 g/mol. The maximum atomic E-state index is 12.2. The van der Waals surface area contributed by atoms with Crippen molar-refractivity contribution in [3.05, 3.63) is 28.7 Å². The van der Waals surface area contributed by atoms with E-state index in [0.717, 1.165) is 23.0 Å². The molecule has 0 spiro atoms. The molecule has 0 aromatic heterocycles. The Labute approximate surface area is 134 Å². The van der Waals surface area contributed by atoms with Crippen LogP contribution in [0.5, 0.6) is 0 Å². The molecule has 21 heavy (non-hydrogen) atoms. The quantitative estimate of drug-likeness (QED) is 0.825. The summed E-state index contributed by atoms with van der Waals surface area (Å²) in [7, 11) is 0. The molecule has 0 radical (unpaired) electrons. The van der Waals surface area contributed by atoms with Crippen molar-refractivity contribution in [1.29, 1.82) is 0 Å². The molecule has 0 unspecified atom stereocenters. The van der Waals surface area contributed by atoms with Crippen LogP contribution < -0.4 is 5.32 Å². The Morgan fingerprint density at radius 2 is 2.00 bits per heavy atom. The van der Waals surface area contributed by atoms with E-state index in [9.17, 15) is 9.90 Å². The molecule has 2 rings (SSSR count). The molecule has 1 aliphatic rings. The van der Waals surface area contributed by atoms with Crippen LogP contribution in [0.25, 0.3) is 0 Å². The van der Waals surface area contributed by atoms with Crippen molar-refractivity contribution in [2.75, 3.05) is 25.0 Å². The predicted molar refractivity (Wildman–Crippen MR) is 88.3 cm³/mol. The lowest BCUT2D eigenvalue weighted by molar-refractivity contribution is -0.118. The van der Waals surface area contributed by atoms with Gasteiger partial charge in [0.2, 0.25) is 5.91 Å². The number of aliphatic hydroxyl groups is 1. The van der Waals surface area contributed by atoms with Crippen molar-refractivity contribution in [3.8, 4) is 0 Å². The van der Waals surface area contributed by atoms with Crippen LogP contribution in [-0.4, -0.2) is 41.7 Å². The van der Waals surface area contributed by atoms with Gasteiger partial charge in [0.1, 0.15) is 0 Å². The molecule has 1 aromatic rings. The highest BCUT2D eigenvalue weighted by Gasteiger charge is 2.22. The van der Waals surface area contributed by atoms with E-state index in [1.165, 1.54) is 19.3 Å². The summed E-state index contributed by atoms with van der Waals surface area (Å²) in [5.41, 5.74) is 0.787. The molecule has 116 valence electrons. The van der Waals surface area contributed by atoms with Crippen LogP contribution in [0.1, 0.15) is 32.1 Å². The first kappa shape index (κ1) is 16.5. The van der Waals surface area contributed by atoms with Gasteiger partial charge in [0.25, 0.3) is 0 Å². The van der Waals surface area contributed by atoms with E-state index in [4.69, 9.17) is 0 Å². The Kier molecular flexibility index (Phi) is 6.67. The Morgan fingerprint density at radius 3 is 2.67 bits per heavy atom. The van der Waals surface area contributed by atoms with Gasteiger partial charge in [0.15, 0.2) is 0 Å². The first-order chi connectivity index (χ1) is 10.2. The van der Waals surface area contributed by atoms with Crippen LogP contribution in [0, 0.1) is 0 Å². The van der Waals surface area contributed by atoms with Gasteiger partial charge in [-0.1, -0.05) is 31.4 Å². The number of anilines is 1. The van der Waals surface area contributed by atoms with Gasteiger partial charge in [-0.2, -0.15) is 0 Å². The average molecular weight is 355 g/mol. The normalized spacial score (nSPS) is 16.1. The van der Waals surface area contributed by atoms with Crippen molar-refractivity contribution < 1.29 is 9.90 Å². The van der Waals surface area contributed by atoms with Gasteiger partial charge < -0.3 is 10.4 Å². The van der Waals surface area contributed by atoms with E-state index < -0.39 is 0 Å². The van der Waals surface area contributed by atoms with Crippen molar-refractivity contribution in [2.24, 2.45) is 0 Å². The highest BCUT2D eigenvalue weighted by molar-refractivity contribution is 9.10. The molecule has 1 aromatic carbocycles. The third kappa shape index (κ3) is 5.09. The van der Waals surface area contributed by atoms with Crippen molar-refractivity contribution in [3.63, 3.8) is 0 Å². The Bertz CT molecular complexity index is 461. The van der Waals surface area contributed by atoms with Crippen molar-refractivity contribution in [1.82, 2.24) is 4.90 Å². The SMILES string of the molecule is O=C(CN(CCO)C1CCCCC1)Nc1ccccc1Br. The number of hydrogen-bond acceptors (Lipinski definition) is 3. The second kappa shape index (κ2) is 8.51. The third-order valence-corrected chi connectivity index (χ3v) is 4.66. The van der Waals surface area contributed by atoms with Gasteiger partial charge >= 0.3 is 0 Å². The Balaban J connectivity index is 1.93. The number of nitrogens with zero attached hydrogens (tertiary/aromatic N) is 1. The fraction of sp³-hybridized carbons (Fsp3) is 0.562. The van der Waals surface area contributed by atoms with Crippen LogP contribution >= 0.6 is 15.9 Å². The van der Waals surface area contributed by atoms with Gasteiger partial charge in [-0.25, -0.2) is 0 Å². The molecule has 0 atom stereocenters. The lowest BCUT2D eigenvalue weighted by Gasteiger charge is -2.33. The number of para-hydroxylation sites is 1. The summed E-state index contributed by atoms with van der Waals surface area (Å²) in [5.74, 6) is -0.0269. The van der Waals surface area contributed by atoms with Gasteiger partial charge in [-0.3, -0.25) is 9.69 Å². The first-order valence-corrected chi connectivity index (χ1v) is 8.39. The smallest absolute Gasteiger partial charge is 0.238 e.